The van der Waals surface area contributed by atoms with Crippen molar-refractivity contribution < 1.29 is 20.4 Å². The molecule has 0 unspecified atom stereocenters. The molecule has 4 N–H and O–H groups in total. The minimum atomic E-state index is -0.431. The third kappa shape index (κ3) is 3.53. The van der Waals surface area contributed by atoms with E-state index in [0.717, 1.165) is 38.5 Å². The van der Waals surface area contributed by atoms with Gasteiger partial charge in [0.15, 0.2) is 0 Å². The maximum Gasteiger partial charge on any atom is 0.0799 e. The second-order valence-corrected chi connectivity index (χ2v) is 4.13. The van der Waals surface area contributed by atoms with E-state index < -0.39 is 24.4 Å². The maximum atomic E-state index is 8.75. The quantitative estimate of drug-likeness (QED) is 0.440. The van der Waals surface area contributed by atoms with Gasteiger partial charge in [-0.1, -0.05) is 0 Å². The lowest BCUT2D eigenvalue weighted by molar-refractivity contribution is 0.0438. The Morgan fingerprint density at radius 3 is 0.786 bits per heavy atom. The Kier molecular flexibility index (Phi) is 4.81. The monoisotopic (exact) mass is 204 g/mol. The van der Waals surface area contributed by atoms with Crippen LogP contribution in [0.5, 0.6) is 0 Å². The summed E-state index contributed by atoms with van der Waals surface area (Å²) in [5, 5.41) is 35.0. The minimum absolute atomic E-state index is 0.431. The topological polar surface area (TPSA) is 80.9 Å². The summed E-state index contributed by atoms with van der Waals surface area (Å²) in [6.07, 6.45) is 3.34. The first-order valence-corrected chi connectivity index (χ1v) is 5.33. The van der Waals surface area contributed by atoms with E-state index in [0.29, 0.717) is 0 Å². The lowest BCUT2D eigenvalue weighted by Crippen LogP contribution is -2.17. The van der Waals surface area contributed by atoms with Gasteiger partial charge in [-0.2, -0.15) is 0 Å². The SMILES string of the molecule is O[C@@H]1CCC[C@@H]1O.O[C@@H]1CCC[C@H]1O. The van der Waals surface area contributed by atoms with E-state index in [1.165, 1.54) is 0 Å². The van der Waals surface area contributed by atoms with Gasteiger partial charge in [0, 0.05) is 0 Å². The van der Waals surface area contributed by atoms with Gasteiger partial charge in [0.25, 0.3) is 0 Å². The molecule has 2 rings (SSSR count). The van der Waals surface area contributed by atoms with Crippen LogP contribution in [0.1, 0.15) is 38.5 Å². The van der Waals surface area contributed by atoms with Gasteiger partial charge >= 0.3 is 0 Å². The molecule has 0 aromatic carbocycles. The largest absolute Gasteiger partial charge is 0.390 e. The molecule has 0 aromatic rings. The zero-order valence-electron chi connectivity index (χ0n) is 8.34. The van der Waals surface area contributed by atoms with Crippen LogP contribution < -0.4 is 0 Å². The number of hydrogen-bond acceptors (Lipinski definition) is 4. The highest BCUT2D eigenvalue weighted by atomic mass is 16.3. The maximum absolute atomic E-state index is 8.75. The van der Waals surface area contributed by atoms with Crippen LogP contribution in [-0.4, -0.2) is 44.8 Å². The molecule has 4 nitrogen and oxygen atoms in total. The van der Waals surface area contributed by atoms with E-state index >= 15 is 0 Å². The van der Waals surface area contributed by atoms with E-state index in [1.807, 2.05) is 0 Å². The summed E-state index contributed by atoms with van der Waals surface area (Å²) in [7, 11) is 0. The molecule has 0 aliphatic heterocycles. The molecule has 2 aliphatic rings. The van der Waals surface area contributed by atoms with Crippen molar-refractivity contribution in [3.8, 4) is 0 Å². The molecule has 0 bridgehead atoms. The van der Waals surface area contributed by atoms with Gasteiger partial charge in [0.05, 0.1) is 24.4 Å². The molecule has 84 valence electrons. The van der Waals surface area contributed by atoms with Crippen molar-refractivity contribution in [1.82, 2.24) is 0 Å². The second-order valence-electron chi connectivity index (χ2n) is 4.13. The predicted octanol–water partition coefficient (Wildman–Crippen LogP) is -0.216. The molecule has 4 atom stereocenters. The lowest BCUT2D eigenvalue weighted by Gasteiger charge is -2.03. The zero-order chi connectivity index (χ0) is 10.6. The van der Waals surface area contributed by atoms with Crippen molar-refractivity contribution in [3.05, 3.63) is 0 Å². The van der Waals surface area contributed by atoms with E-state index in [9.17, 15) is 0 Å². The van der Waals surface area contributed by atoms with Gasteiger partial charge in [-0.15, -0.1) is 0 Å². The van der Waals surface area contributed by atoms with Crippen molar-refractivity contribution in [2.24, 2.45) is 0 Å². The lowest BCUT2D eigenvalue weighted by atomic mass is 10.3. The van der Waals surface area contributed by atoms with Gasteiger partial charge in [-0.3, -0.25) is 0 Å². The molecular formula is C10H20O4. The highest BCUT2D eigenvalue weighted by Crippen LogP contribution is 2.18. The highest BCUT2D eigenvalue weighted by Gasteiger charge is 2.22. The minimum Gasteiger partial charge on any atom is -0.390 e. The molecule has 2 aliphatic carbocycles. The Hall–Kier alpha value is -0.160. The average Bonchev–Trinajstić information content (AvgIpc) is 2.67. The predicted molar refractivity (Wildman–Crippen MR) is 51.7 cm³/mol. The van der Waals surface area contributed by atoms with Gasteiger partial charge in [-0.25, -0.2) is 0 Å². The van der Waals surface area contributed by atoms with Crippen LogP contribution in [0.4, 0.5) is 0 Å². The van der Waals surface area contributed by atoms with Crippen LogP contribution in [-0.2, 0) is 0 Å². The molecule has 0 radical (unpaired) electrons. The third-order valence-corrected chi connectivity index (χ3v) is 2.89. The van der Waals surface area contributed by atoms with Crippen LogP contribution in [0, 0.1) is 0 Å². The van der Waals surface area contributed by atoms with Crippen molar-refractivity contribution in [3.63, 3.8) is 0 Å². The summed E-state index contributed by atoms with van der Waals surface area (Å²) in [5.41, 5.74) is 0. The zero-order valence-corrected chi connectivity index (χ0v) is 8.34. The van der Waals surface area contributed by atoms with Crippen LogP contribution in [0.2, 0.25) is 0 Å². The highest BCUT2D eigenvalue weighted by molar-refractivity contribution is 4.74. The van der Waals surface area contributed by atoms with Gasteiger partial charge in [0.1, 0.15) is 0 Å². The molecule has 14 heavy (non-hydrogen) atoms. The number of hydrogen-bond donors (Lipinski definition) is 4. The summed E-state index contributed by atoms with van der Waals surface area (Å²) < 4.78 is 0. The van der Waals surface area contributed by atoms with Crippen molar-refractivity contribution >= 4 is 0 Å². The van der Waals surface area contributed by atoms with E-state index in [4.69, 9.17) is 20.4 Å². The number of rotatable bonds is 0. The van der Waals surface area contributed by atoms with Gasteiger partial charge in [-0.05, 0) is 38.5 Å². The average molecular weight is 204 g/mol. The van der Waals surface area contributed by atoms with Crippen molar-refractivity contribution in [1.29, 1.82) is 0 Å². The smallest absolute Gasteiger partial charge is 0.0799 e. The Morgan fingerprint density at radius 1 is 0.500 bits per heavy atom. The molecule has 2 fully saturated rings. The Morgan fingerprint density at radius 2 is 0.714 bits per heavy atom. The molecule has 0 saturated heterocycles. The normalized spacial score (nSPS) is 42.0. The molecule has 0 spiro atoms. The summed E-state index contributed by atoms with van der Waals surface area (Å²) in [5.74, 6) is 0. The molecule has 0 amide bonds. The van der Waals surface area contributed by atoms with Gasteiger partial charge in [0.2, 0.25) is 0 Å². The van der Waals surface area contributed by atoms with Crippen LogP contribution in [0.15, 0.2) is 0 Å². The first-order chi connectivity index (χ1) is 6.61. The molecule has 0 heterocycles. The Bertz CT molecular complexity index is 128. The molecular weight excluding hydrogens is 184 g/mol. The van der Waals surface area contributed by atoms with Crippen molar-refractivity contribution in [2.45, 2.75) is 62.9 Å². The number of aliphatic hydroxyl groups is 4. The standard InChI is InChI=1S/2C5H10O2/c2*6-4-2-1-3-5(4)7/h2*4-7H,1-3H2/t4-,5+;4-,5-/m.1/s1. The fourth-order valence-corrected chi connectivity index (χ4v) is 1.84. The third-order valence-electron chi connectivity index (χ3n) is 2.89. The Labute approximate surface area is 84.2 Å². The fraction of sp³-hybridized carbons (Fsp3) is 1.00. The van der Waals surface area contributed by atoms with Crippen molar-refractivity contribution in [2.75, 3.05) is 0 Å². The fourth-order valence-electron chi connectivity index (χ4n) is 1.84. The van der Waals surface area contributed by atoms with Crippen LogP contribution in [0.25, 0.3) is 0 Å². The summed E-state index contributed by atoms with van der Waals surface area (Å²) in [4.78, 5) is 0. The van der Waals surface area contributed by atoms with Gasteiger partial charge < -0.3 is 20.4 Å². The number of aliphatic hydroxyl groups excluding tert-OH is 4. The summed E-state index contributed by atoms with van der Waals surface area (Å²) in [6.45, 7) is 0. The second kappa shape index (κ2) is 5.66. The summed E-state index contributed by atoms with van der Waals surface area (Å²) >= 11 is 0. The summed E-state index contributed by atoms with van der Waals surface area (Å²) in [6, 6.07) is 0. The van der Waals surface area contributed by atoms with Crippen LogP contribution in [0.3, 0.4) is 0 Å². The molecule has 4 heteroatoms. The first kappa shape index (κ1) is 11.9. The van der Waals surface area contributed by atoms with E-state index in [2.05, 4.69) is 0 Å². The van der Waals surface area contributed by atoms with Crippen LogP contribution >= 0.6 is 0 Å². The Balaban J connectivity index is 0.000000140. The molecule has 2 saturated carbocycles. The van der Waals surface area contributed by atoms with E-state index in [1.54, 1.807) is 0 Å². The molecule has 0 aromatic heterocycles. The van der Waals surface area contributed by atoms with E-state index in [-0.39, 0.29) is 0 Å². The first-order valence-electron chi connectivity index (χ1n) is 5.33.